The standard InChI is InChI=1S/C17H28F2O7S/c1-5-24-12-7-11-8-13(25-6-2)16(9-11,10-12)15(3,4)26-14(20)17(18,19)27(21,22)23/h11-13H,5-10H2,1-4H3,(H,21,22,23). The number of carbonyl (C=O) groups excluding carboxylic acids is 1. The molecule has 158 valence electrons. The quantitative estimate of drug-likeness (QED) is 0.482. The lowest BCUT2D eigenvalue weighted by Crippen LogP contribution is -2.56. The van der Waals surface area contributed by atoms with E-state index in [0.29, 0.717) is 32.5 Å². The zero-order valence-corrected chi connectivity index (χ0v) is 16.9. The minimum absolute atomic E-state index is 0.126. The predicted molar refractivity (Wildman–Crippen MR) is 91.9 cm³/mol. The number of esters is 1. The van der Waals surface area contributed by atoms with Crippen LogP contribution in [0.4, 0.5) is 8.78 Å². The highest BCUT2D eigenvalue weighted by Gasteiger charge is 2.64. The summed E-state index contributed by atoms with van der Waals surface area (Å²) in [4.78, 5) is 11.9. The van der Waals surface area contributed by atoms with E-state index in [-0.39, 0.29) is 18.1 Å². The Labute approximate surface area is 158 Å². The maximum atomic E-state index is 13.7. The molecule has 4 unspecified atom stereocenters. The summed E-state index contributed by atoms with van der Waals surface area (Å²) < 4.78 is 74.6. The number of alkyl halides is 2. The molecule has 2 aliphatic carbocycles. The monoisotopic (exact) mass is 414 g/mol. The van der Waals surface area contributed by atoms with Crippen molar-refractivity contribution in [2.75, 3.05) is 13.2 Å². The molecular weight excluding hydrogens is 386 g/mol. The van der Waals surface area contributed by atoms with Crippen molar-refractivity contribution in [2.24, 2.45) is 11.3 Å². The van der Waals surface area contributed by atoms with E-state index in [1.165, 1.54) is 13.8 Å². The third-order valence-electron chi connectivity index (χ3n) is 5.88. The van der Waals surface area contributed by atoms with Gasteiger partial charge in [-0.15, -0.1) is 0 Å². The highest BCUT2D eigenvalue weighted by molar-refractivity contribution is 7.87. The summed E-state index contributed by atoms with van der Waals surface area (Å²) >= 11 is 0. The van der Waals surface area contributed by atoms with E-state index in [1.54, 1.807) is 0 Å². The van der Waals surface area contributed by atoms with Crippen molar-refractivity contribution in [3.63, 3.8) is 0 Å². The van der Waals surface area contributed by atoms with Crippen LogP contribution in [0.1, 0.15) is 53.4 Å². The topological polar surface area (TPSA) is 99.1 Å². The third kappa shape index (κ3) is 3.99. The fraction of sp³-hybridized carbons (Fsp3) is 0.941. The van der Waals surface area contributed by atoms with Crippen LogP contribution in [-0.4, -0.2) is 55.2 Å². The minimum atomic E-state index is -5.93. The first kappa shape index (κ1) is 22.4. The zero-order chi connectivity index (χ0) is 20.7. The van der Waals surface area contributed by atoms with Gasteiger partial charge in [0.1, 0.15) is 5.60 Å². The van der Waals surface area contributed by atoms with Gasteiger partial charge in [-0.25, -0.2) is 4.79 Å². The van der Waals surface area contributed by atoms with Gasteiger partial charge < -0.3 is 14.2 Å². The summed E-state index contributed by atoms with van der Waals surface area (Å²) in [6.07, 6.45) is 2.08. The molecule has 0 aromatic rings. The van der Waals surface area contributed by atoms with E-state index in [0.717, 1.165) is 6.42 Å². The minimum Gasteiger partial charge on any atom is -0.454 e. The molecule has 2 aliphatic rings. The molecule has 0 saturated heterocycles. The second-order valence-electron chi connectivity index (χ2n) is 7.81. The fourth-order valence-corrected chi connectivity index (χ4v) is 4.94. The van der Waals surface area contributed by atoms with E-state index in [4.69, 9.17) is 18.8 Å². The summed E-state index contributed by atoms with van der Waals surface area (Å²) in [6.45, 7) is 7.54. The van der Waals surface area contributed by atoms with Gasteiger partial charge in [0, 0.05) is 18.6 Å². The van der Waals surface area contributed by atoms with Crippen LogP contribution in [0.15, 0.2) is 0 Å². The number of rotatable bonds is 8. The van der Waals surface area contributed by atoms with E-state index < -0.39 is 32.4 Å². The lowest BCUT2D eigenvalue weighted by atomic mass is 9.64. The Bertz CT molecular complexity index is 664. The average Bonchev–Trinajstić information content (AvgIpc) is 2.78. The molecule has 27 heavy (non-hydrogen) atoms. The van der Waals surface area contributed by atoms with Crippen LogP contribution in [0.2, 0.25) is 0 Å². The molecule has 0 aliphatic heterocycles. The van der Waals surface area contributed by atoms with Crippen LogP contribution in [0.5, 0.6) is 0 Å². The summed E-state index contributed by atoms with van der Waals surface area (Å²) in [6, 6.07) is 0. The molecule has 4 atom stereocenters. The maximum Gasteiger partial charge on any atom is 0.465 e. The van der Waals surface area contributed by atoms with Crippen molar-refractivity contribution in [1.29, 1.82) is 0 Å². The van der Waals surface area contributed by atoms with Crippen LogP contribution in [-0.2, 0) is 29.1 Å². The van der Waals surface area contributed by atoms with Gasteiger partial charge in [0.2, 0.25) is 0 Å². The van der Waals surface area contributed by atoms with Gasteiger partial charge in [0.05, 0.1) is 12.2 Å². The molecule has 1 N–H and O–H groups in total. The Morgan fingerprint density at radius 1 is 1.15 bits per heavy atom. The van der Waals surface area contributed by atoms with Gasteiger partial charge >= 0.3 is 21.3 Å². The Morgan fingerprint density at radius 2 is 1.74 bits per heavy atom. The maximum absolute atomic E-state index is 13.7. The summed E-state index contributed by atoms with van der Waals surface area (Å²) in [5.41, 5.74) is -2.25. The van der Waals surface area contributed by atoms with Crippen LogP contribution < -0.4 is 0 Å². The molecule has 7 nitrogen and oxygen atoms in total. The number of carbonyl (C=O) groups is 1. The predicted octanol–water partition coefficient (Wildman–Crippen LogP) is 2.79. The first-order valence-corrected chi connectivity index (χ1v) is 10.6. The summed E-state index contributed by atoms with van der Waals surface area (Å²) in [5.74, 6) is -2.06. The third-order valence-corrected chi connectivity index (χ3v) is 6.70. The number of halogens is 2. The van der Waals surface area contributed by atoms with Crippen LogP contribution in [0.25, 0.3) is 0 Å². The average molecular weight is 414 g/mol. The van der Waals surface area contributed by atoms with Crippen molar-refractivity contribution in [3.8, 4) is 0 Å². The van der Waals surface area contributed by atoms with Crippen molar-refractivity contribution < 1.29 is 40.8 Å². The largest absolute Gasteiger partial charge is 0.465 e. The van der Waals surface area contributed by atoms with Gasteiger partial charge in [-0.05, 0) is 59.3 Å². The SMILES string of the molecule is CCOC1CC2CC(OCC)C(C(C)(C)OC(=O)C(F)(F)S(=O)(=O)O)(C2)C1. The smallest absolute Gasteiger partial charge is 0.454 e. The lowest BCUT2D eigenvalue weighted by Gasteiger charge is -2.50. The highest BCUT2D eigenvalue weighted by atomic mass is 32.2. The summed E-state index contributed by atoms with van der Waals surface area (Å²) in [7, 11) is -5.93. The molecule has 2 bridgehead atoms. The molecule has 0 aromatic carbocycles. The Balaban J connectivity index is 2.35. The Hall–Kier alpha value is -0.840. The molecule has 0 aromatic heterocycles. The molecule has 2 saturated carbocycles. The zero-order valence-electron chi connectivity index (χ0n) is 16.0. The van der Waals surface area contributed by atoms with Gasteiger partial charge in [-0.2, -0.15) is 17.2 Å². The normalized spacial score (nSPS) is 31.7. The molecule has 2 fully saturated rings. The number of hydrogen-bond donors (Lipinski definition) is 1. The van der Waals surface area contributed by atoms with Gasteiger partial charge in [-0.1, -0.05) is 0 Å². The molecule has 0 spiro atoms. The molecular formula is C17H28F2O7S. The second-order valence-corrected chi connectivity index (χ2v) is 9.28. The Kier molecular flexibility index (Phi) is 6.26. The number of hydrogen-bond acceptors (Lipinski definition) is 6. The van der Waals surface area contributed by atoms with Crippen molar-refractivity contribution >= 4 is 16.1 Å². The second kappa shape index (κ2) is 7.53. The van der Waals surface area contributed by atoms with Gasteiger partial charge in [0.15, 0.2) is 0 Å². The fourth-order valence-electron chi connectivity index (χ4n) is 4.68. The first-order chi connectivity index (χ1) is 12.3. The molecule has 0 heterocycles. The molecule has 10 heteroatoms. The Morgan fingerprint density at radius 3 is 2.26 bits per heavy atom. The molecule has 0 amide bonds. The van der Waals surface area contributed by atoms with E-state index >= 15 is 0 Å². The molecule has 0 radical (unpaired) electrons. The van der Waals surface area contributed by atoms with Gasteiger partial charge in [-0.3, -0.25) is 4.55 Å². The van der Waals surface area contributed by atoms with Gasteiger partial charge in [0.25, 0.3) is 0 Å². The summed E-state index contributed by atoms with van der Waals surface area (Å²) in [5, 5.41) is -5.03. The van der Waals surface area contributed by atoms with E-state index in [2.05, 4.69) is 0 Å². The van der Waals surface area contributed by atoms with Crippen molar-refractivity contribution in [3.05, 3.63) is 0 Å². The van der Waals surface area contributed by atoms with Crippen LogP contribution >= 0.6 is 0 Å². The first-order valence-electron chi connectivity index (χ1n) is 9.12. The van der Waals surface area contributed by atoms with Crippen LogP contribution in [0.3, 0.4) is 0 Å². The number of ether oxygens (including phenoxy) is 3. The van der Waals surface area contributed by atoms with Crippen molar-refractivity contribution in [1.82, 2.24) is 0 Å². The van der Waals surface area contributed by atoms with E-state index in [9.17, 15) is 22.0 Å². The highest BCUT2D eigenvalue weighted by Crippen LogP contribution is 2.59. The molecule has 2 rings (SSSR count). The number of fused-ring (bicyclic) bond motifs is 2. The van der Waals surface area contributed by atoms with E-state index in [1.807, 2.05) is 13.8 Å². The van der Waals surface area contributed by atoms with Crippen LogP contribution in [0, 0.1) is 11.3 Å². The lowest BCUT2D eigenvalue weighted by molar-refractivity contribution is -0.207. The van der Waals surface area contributed by atoms with Crippen molar-refractivity contribution in [2.45, 2.75) is 76.4 Å².